The second-order valence-electron chi connectivity index (χ2n) is 5.99. The molecule has 3 rings (SSSR count). The predicted octanol–water partition coefficient (Wildman–Crippen LogP) is 1.15. The fraction of sp³-hybridized carbons (Fsp3) is 0.353. The Morgan fingerprint density at radius 1 is 1.40 bits per heavy atom. The summed E-state index contributed by atoms with van der Waals surface area (Å²) < 4.78 is 1.65. The Bertz CT molecular complexity index is 734. The molecule has 1 fully saturated rings. The van der Waals surface area contributed by atoms with Crippen molar-refractivity contribution in [2.45, 2.75) is 24.9 Å². The first-order valence-electron chi connectivity index (χ1n) is 7.94. The van der Waals surface area contributed by atoms with Crippen LogP contribution in [0.2, 0.25) is 0 Å². The van der Waals surface area contributed by atoms with Crippen molar-refractivity contribution in [2.75, 3.05) is 11.4 Å². The van der Waals surface area contributed by atoms with Crippen LogP contribution in [-0.4, -0.2) is 34.2 Å². The first-order chi connectivity index (χ1) is 11.5. The highest BCUT2D eigenvalue weighted by Crippen LogP contribution is 2.21. The largest absolute Gasteiger partial charge is 0.344 e. The number of nitrogens with two attached hydrogens (primary N) is 1. The van der Waals surface area contributed by atoms with Crippen LogP contribution in [-0.2, 0) is 16.6 Å². The van der Waals surface area contributed by atoms with Crippen LogP contribution in [0.5, 0.6) is 0 Å². The van der Waals surface area contributed by atoms with Gasteiger partial charge in [-0.3, -0.25) is 14.3 Å². The monoisotopic (exact) mass is 363 g/mol. The molecule has 3 N–H and O–H groups in total. The van der Waals surface area contributed by atoms with Crippen LogP contribution < -0.4 is 16.0 Å². The van der Waals surface area contributed by atoms with E-state index in [4.69, 9.17) is 5.73 Å². The number of hydrogen-bond acceptors (Lipinski definition) is 4. The molecular weight excluding hydrogens is 342 g/mol. The predicted molar refractivity (Wildman–Crippen MR) is 97.3 cm³/mol. The number of anilines is 1. The molecule has 2 amide bonds. The number of amides is 2. The van der Waals surface area contributed by atoms with E-state index < -0.39 is 6.04 Å². The fourth-order valence-corrected chi connectivity index (χ4v) is 2.89. The highest BCUT2D eigenvalue weighted by atomic mass is 35.5. The van der Waals surface area contributed by atoms with E-state index in [9.17, 15) is 9.59 Å². The Labute approximate surface area is 152 Å². The van der Waals surface area contributed by atoms with Crippen LogP contribution in [0.1, 0.15) is 24.4 Å². The molecule has 8 heteroatoms. The molecule has 7 nitrogen and oxygen atoms in total. The normalized spacial score (nSPS) is 17.9. The van der Waals surface area contributed by atoms with E-state index in [0.717, 1.165) is 11.3 Å². The van der Waals surface area contributed by atoms with Crippen LogP contribution in [0.15, 0.2) is 42.7 Å². The van der Waals surface area contributed by atoms with Crippen molar-refractivity contribution in [3.63, 3.8) is 0 Å². The SMILES string of the molecule is Cl.Cn1cc(N2CCC(NC(=O)CC(N)c3ccccc3)C2=O)cn1. The first kappa shape index (κ1) is 19.0. The minimum absolute atomic E-state index is 0. The van der Waals surface area contributed by atoms with E-state index in [1.165, 1.54) is 0 Å². The summed E-state index contributed by atoms with van der Waals surface area (Å²) in [5.41, 5.74) is 7.71. The zero-order valence-corrected chi connectivity index (χ0v) is 14.8. The molecule has 134 valence electrons. The first-order valence-corrected chi connectivity index (χ1v) is 7.94. The minimum Gasteiger partial charge on any atom is -0.344 e. The molecule has 2 unspecified atom stereocenters. The summed E-state index contributed by atoms with van der Waals surface area (Å²) in [6, 6.07) is 8.59. The lowest BCUT2D eigenvalue weighted by molar-refractivity contribution is -0.126. The molecule has 0 radical (unpaired) electrons. The third kappa shape index (κ3) is 4.37. The van der Waals surface area contributed by atoms with Crippen LogP contribution >= 0.6 is 12.4 Å². The van der Waals surface area contributed by atoms with E-state index in [2.05, 4.69) is 10.4 Å². The van der Waals surface area contributed by atoms with Crippen molar-refractivity contribution in [3.8, 4) is 0 Å². The van der Waals surface area contributed by atoms with Crippen molar-refractivity contribution in [3.05, 3.63) is 48.3 Å². The minimum atomic E-state index is -0.499. The van der Waals surface area contributed by atoms with Gasteiger partial charge in [-0.2, -0.15) is 5.10 Å². The van der Waals surface area contributed by atoms with Gasteiger partial charge in [-0.1, -0.05) is 30.3 Å². The third-order valence-electron chi connectivity index (χ3n) is 4.18. The number of nitrogens with zero attached hydrogens (tertiary/aromatic N) is 3. The van der Waals surface area contributed by atoms with Gasteiger partial charge in [0.15, 0.2) is 0 Å². The smallest absolute Gasteiger partial charge is 0.249 e. The molecule has 0 spiro atoms. The van der Waals surface area contributed by atoms with E-state index in [-0.39, 0.29) is 36.7 Å². The number of benzene rings is 1. The molecule has 1 aromatic heterocycles. The molecule has 1 saturated heterocycles. The lowest BCUT2D eigenvalue weighted by Gasteiger charge is -2.16. The molecule has 2 atom stereocenters. The van der Waals surface area contributed by atoms with E-state index in [1.807, 2.05) is 30.3 Å². The Morgan fingerprint density at radius 2 is 2.12 bits per heavy atom. The number of carbonyl (C=O) groups excluding carboxylic acids is 2. The lowest BCUT2D eigenvalue weighted by Crippen LogP contribution is -2.42. The van der Waals surface area contributed by atoms with Gasteiger partial charge in [0.1, 0.15) is 6.04 Å². The molecule has 1 aliphatic rings. The number of nitrogens with one attached hydrogen (secondary N) is 1. The third-order valence-corrected chi connectivity index (χ3v) is 4.18. The highest BCUT2D eigenvalue weighted by Gasteiger charge is 2.34. The van der Waals surface area contributed by atoms with Gasteiger partial charge in [-0.05, 0) is 12.0 Å². The molecule has 1 aromatic carbocycles. The van der Waals surface area contributed by atoms with Crippen molar-refractivity contribution in [1.29, 1.82) is 0 Å². The second-order valence-corrected chi connectivity index (χ2v) is 5.99. The number of rotatable bonds is 5. The Balaban J connectivity index is 0.00000225. The summed E-state index contributed by atoms with van der Waals surface area (Å²) in [6.07, 6.45) is 4.17. The van der Waals surface area contributed by atoms with Crippen molar-refractivity contribution < 1.29 is 9.59 Å². The van der Waals surface area contributed by atoms with Gasteiger partial charge in [-0.25, -0.2) is 0 Å². The molecule has 1 aliphatic heterocycles. The zero-order chi connectivity index (χ0) is 17.1. The molecule has 2 heterocycles. The molecule has 0 bridgehead atoms. The summed E-state index contributed by atoms with van der Waals surface area (Å²) in [4.78, 5) is 26.3. The quantitative estimate of drug-likeness (QED) is 0.833. The summed E-state index contributed by atoms with van der Waals surface area (Å²) in [5.74, 6) is -0.317. The molecule has 2 aromatic rings. The van der Waals surface area contributed by atoms with E-state index in [1.54, 1.807) is 29.0 Å². The van der Waals surface area contributed by atoms with Crippen LogP contribution in [0, 0.1) is 0 Å². The molecule has 0 aliphatic carbocycles. The van der Waals surface area contributed by atoms with E-state index >= 15 is 0 Å². The summed E-state index contributed by atoms with van der Waals surface area (Å²) in [5, 5.41) is 6.87. The Kier molecular flexibility index (Phi) is 6.17. The van der Waals surface area contributed by atoms with Gasteiger partial charge >= 0.3 is 0 Å². The van der Waals surface area contributed by atoms with Gasteiger partial charge in [0.05, 0.1) is 11.9 Å². The highest BCUT2D eigenvalue weighted by molar-refractivity contribution is 6.01. The maximum absolute atomic E-state index is 12.4. The summed E-state index contributed by atoms with van der Waals surface area (Å²) in [6.45, 7) is 0.570. The van der Waals surface area contributed by atoms with Crippen molar-refractivity contribution in [2.24, 2.45) is 12.8 Å². The average molecular weight is 364 g/mol. The van der Waals surface area contributed by atoms with Crippen molar-refractivity contribution >= 4 is 29.9 Å². The molecular formula is C17H22ClN5O2. The fourth-order valence-electron chi connectivity index (χ4n) is 2.89. The number of hydrogen-bond donors (Lipinski definition) is 2. The standard InChI is InChI=1S/C17H21N5O2.ClH/c1-21-11-13(10-19-21)22-8-7-15(17(22)24)20-16(23)9-14(18)12-5-3-2-4-6-12;/h2-6,10-11,14-15H,7-9,18H2,1H3,(H,20,23);1H. The van der Waals surface area contributed by atoms with E-state index in [0.29, 0.717) is 13.0 Å². The second kappa shape index (κ2) is 8.13. The number of carbonyl (C=O) groups is 2. The Hall–Kier alpha value is -2.38. The molecule has 0 saturated carbocycles. The number of halogens is 1. The van der Waals surface area contributed by atoms with Gasteiger partial charge < -0.3 is 16.0 Å². The maximum Gasteiger partial charge on any atom is 0.249 e. The zero-order valence-electron chi connectivity index (χ0n) is 14.0. The molecule has 25 heavy (non-hydrogen) atoms. The number of aryl methyl sites for hydroxylation is 1. The Morgan fingerprint density at radius 3 is 2.76 bits per heavy atom. The summed E-state index contributed by atoms with van der Waals surface area (Å²) >= 11 is 0. The van der Waals surface area contributed by atoms with Crippen LogP contribution in [0.3, 0.4) is 0 Å². The van der Waals surface area contributed by atoms with Gasteiger partial charge in [0, 0.05) is 32.3 Å². The van der Waals surface area contributed by atoms with Gasteiger partial charge in [0.2, 0.25) is 11.8 Å². The topological polar surface area (TPSA) is 93.2 Å². The van der Waals surface area contributed by atoms with Crippen LogP contribution in [0.25, 0.3) is 0 Å². The lowest BCUT2D eigenvalue weighted by atomic mass is 10.0. The van der Waals surface area contributed by atoms with Gasteiger partial charge in [0.25, 0.3) is 0 Å². The maximum atomic E-state index is 12.4. The van der Waals surface area contributed by atoms with Crippen molar-refractivity contribution in [1.82, 2.24) is 15.1 Å². The number of aromatic nitrogens is 2. The summed E-state index contributed by atoms with van der Waals surface area (Å²) in [7, 11) is 1.80. The average Bonchev–Trinajstić information content (AvgIpc) is 3.15. The van der Waals surface area contributed by atoms with Gasteiger partial charge in [-0.15, -0.1) is 12.4 Å². The van der Waals surface area contributed by atoms with Crippen LogP contribution in [0.4, 0.5) is 5.69 Å².